The van der Waals surface area contributed by atoms with Gasteiger partial charge in [-0.25, -0.2) is 18.8 Å². The summed E-state index contributed by atoms with van der Waals surface area (Å²) in [6, 6.07) is 24.7. The van der Waals surface area contributed by atoms with Crippen molar-refractivity contribution in [1.82, 2.24) is 15.1 Å². The number of anilines is 1. The number of nitrogens with zero attached hydrogens (tertiary/aromatic N) is 3. The van der Waals surface area contributed by atoms with Gasteiger partial charge in [-0.1, -0.05) is 60.7 Å². The zero-order valence-electron chi connectivity index (χ0n) is 37.4. The number of β-lactam (4-membered cyclic amide) rings is 1. The van der Waals surface area contributed by atoms with E-state index in [1.165, 1.54) is 28.8 Å². The molecule has 4 aromatic rings. The lowest BCUT2D eigenvalue weighted by Crippen LogP contribution is -2.70. The van der Waals surface area contributed by atoms with Crippen molar-refractivity contribution in [2.45, 2.75) is 89.8 Å². The number of benzene rings is 3. The number of aromatic nitrogens is 1. The number of carbonyl (C=O) groups excluding carboxylic acids is 6. The third kappa shape index (κ3) is 11.6. The number of allylic oxidation sites excluding steroid dienone is 1. The molecule has 2 atom stereocenters. The van der Waals surface area contributed by atoms with Crippen LogP contribution in [0.5, 0.6) is 5.75 Å². The first-order valence-electron chi connectivity index (χ1n) is 21.3. The molecule has 0 bridgehead atoms. The van der Waals surface area contributed by atoms with Crippen LogP contribution in [-0.2, 0) is 46.5 Å². The Labute approximate surface area is 385 Å². The number of halogens is 1. The van der Waals surface area contributed by atoms with Crippen LogP contribution in [0.3, 0.4) is 0 Å². The Hall–Kier alpha value is -7.01. The topological polar surface area (TPSA) is 174 Å². The molecule has 344 valence electrons. The van der Waals surface area contributed by atoms with E-state index in [1.807, 2.05) is 60.7 Å². The number of amides is 4. The minimum atomic E-state index is -0.985. The molecule has 0 radical (unpaired) electrons. The van der Waals surface area contributed by atoms with Crippen molar-refractivity contribution in [3.63, 3.8) is 0 Å². The van der Waals surface area contributed by atoms with E-state index in [9.17, 15) is 33.2 Å². The summed E-state index contributed by atoms with van der Waals surface area (Å²) in [4.78, 5) is 82.7. The lowest BCUT2D eigenvalue weighted by Gasteiger charge is -2.49. The molecule has 66 heavy (non-hydrogen) atoms. The molecule has 0 spiro atoms. The van der Waals surface area contributed by atoms with Crippen molar-refractivity contribution in [2.75, 3.05) is 17.6 Å². The van der Waals surface area contributed by atoms with E-state index in [-0.39, 0.29) is 41.9 Å². The van der Waals surface area contributed by atoms with Gasteiger partial charge in [-0.15, -0.1) is 11.8 Å². The summed E-state index contributed by atoms with van der Waals surface area (Å²) in [7, 11) is 0. The average Bonchev–Trinajstić information content (AvgIpc) is 3.59. The standard InChI is InChI=1S/C49H50FN5O10S/c1-48(2,3)64-46(60)52-39-43(58)55-40(45(59)63-41(31-13-9-7-10-14-31)32-15-11-8-12-16-32)34(29-66-44(39)55)25-33-21-24-54(42(33)57)27-30-19-22-53(23-20-30)28-38(56)51-37-18-17-35(26-36(37)50)62-47(61)65-49(4,5)6/h7-20,22-23,25-26,39,41,44H,21,24,27-29H2,1-6H3,(H-,51,52,56,60)/p+1/t39-,44-/m1/s1. The number of alkyl carbamates (subject to hydrolysis) is 1. The highest BCUT2D eigenvalue weighted by Gasteiger charge is 2.55. The van der Waals surface area contributed by atoms with Gasteiger partial charge in [-0.2, -0.15) is 4.57 Å². The molecule has 2 saturated heterocycles. The summed E-state index contributed by atoms with van der Waals surface area (Å²) in [5.74, 6) is -2.65. The fourth-order valence-corrected chi connectivity index (χ4v) is 8.70. The van der Waals surface area contributed by atoms with Crippen LogP contribution < -0.4 is 19.9 Å². The van der Waals surface area contributed by atoms with Gasteiger partial charge in [0, 0.05) is 42.6 Å². The zero-order valence-corrected chi connectivity index (χ0v) is 38.2. The van der Waals surface area contributed by atoms with Crippen molar-refractivity contribution in [3.05, 3.63) is 149 Å². The average molecular weight is 921 g/mol. The first-order valence-corrected chi connectivity index (χ1v) is 22.3. The second kappa shape index (κ2) is 19.6. The second-order valence-corrected chi connectivity index (χ2v) is 18.9. The van der Waals surface area contributed by atoms with Gasteiger partial charge in [0.1, 0.15) is 39.9 Å². The number of ether oxygens (including phenoxy) is 4. The SMILES string of the molecule is CC(C)(C)OC(=O)N[C@@H]1C(=O)N2C(C(=O)OC(c3ccccc3)c3ccccc3)=C(C=C3CCN(Cc4cc[n+](CC(=O)Nc5ccc(OC(=O)OC(C)(C)C)cc5F)cc4)C3=O)CS[C@H]12. The number of hydrogen-bond donors (Lipinski definition) is 2. The third-order valence-electron chi connectivity index (χ3n) is 10.3. The first kappa shape index (κ1) is 47.0. The van der Waals surface area contributed by atoms with Crippen LogP contribution >= 0.6 is 11.8 Å². The van der Waals surface area contributed by atoms with Gasteiger partial charge in [0.05, 0.1) is 5.69 Å². The van der Waals surface area contributed by atoms with Crippen LogP contribution in [-0.4, -0.2) is 80.7 Å². The van der Waals surface area contributed by atoms with Crippen LogP contribution in [0.1, 0.15) is 70.8 Å². The molecule has 2 N–H and O–H groups in total. The molecule has 3 aromatic carbocycles. The van der Waals surface area contributed by atoms with E-state index in [1.54, 1.807) is 81.6 Å². The first-order chi connectivity index (χ1) is 31.3. The number of pyridine rings is 1. The molecule has 3 aliphatic heterocycles. The Morgan fingerprint density at radius 1 is 0.879 bits per heavy atom. The van der Waals surface area contributed by atoms with Crippen molar-refractivity contribution >= 4 is 53.4 Å². The molecular weight excluding hydrogens is 870 g/mol. The van der Waals surface area contributed by atoms with Gasteiger partial charge in [0.25, 0.3) is 11.8 Å². The van der Waals surface area contributed by atoms with Crippen LogP contribution in [0.15, 0.2) is 126 Å². The summed E-state index contributed by atoms with van der Waals surface area (Å²) >= 11 is 1.35. The Kier molecular flexibility index (Phi) is 14.0. The minimum Gasteiger partial charge on any atom is -0.448 e. The van der Waals surface area contributed by atoms with Gasteiger partial charge in [-0.05, 0) is 88.4 Å². The van der Waals surface area contributed by atoms with Crippen molar-refractivity contribution in [1.29, 1.82) is 0 Å². The molecule has 4 heterocycles. The number of nitrogens with one attached hydrogen (secondary N) is 2. The molecule has 15 nitrogen and oxygen atoms in total. The number of carbonyl (C=O) groups is 6. The van der Waals surface area contributed by atoms with E-state index in [4.69, 9.17) is 18.9 Å². The second-order valence-electron chi connectivity index (χ2n) is 17.8. The maximum Gasteiger partial charge on any atom is 0.514 e. The highest BCUT2D eigenvalue weighted by Crippen LogP contribution is 2.43. The molecule has 0 aliphatic carbocycles. The Bertz CT molecular complexity index is 2540. The molecule has 3 aliphatic rings. The van der Waals surface area contributed by atoms with Crippen LogP contribution in [0.4, 0.5) is 19.7 Å². The van der Waals surface area contributed by atoms with Crippen LogP contribution in [0.25, 0.3) is 0 Å². The van der Waals surface area contributed by atoms with Gasteiger partial charge < -0.3 is 34.5 Å². The fourth-order valence-electron chi connectivity index (χ4n) is 7.39. The van der Waals surface area contributed by atoms with Gasteiger partial charge in [0.2, 0.25) is 12.5 Å². The number of fused-ring (bicyclic) bond motifs is 1. The number of esters is 1. The molecule has 4 amide bonds. The maximum absolute atomic E-state index is 14.8. The lowest BCUT2D eigenvalue weighted by molar-refractivity contribution is -0.684. The Morgan fingerprint density at radius 3 is 2.12 bits per heavy atom. The summed E-state index contributed by atoms with van der Waals surface area (Å²) < 4.78 is 38.2. The monoisotopic (exact) mass is 920 g/mol. The number of likely N-dealkylation sites (tertiary alicyclic amines) is 1. The van der Waals surface area contributed by atoms with Crippen LogP contribution in [0, 0.1) is 5.82 Å². The molecule has 0 saturated carbocycles. The van der Waals surface area contributed by atoms with Gasteiger partial charge in [-0.3, -0.25) is 19.3 Å². The zero-order chi connectivity index (χ0) is 47.3. The van der Waals surface area contributed by atoms with E-state index < -0.39 is 64.6 Å². The van der Waals surface area contributed by atoms with E-state index in [0.29, 0.717) is 24.1 Å². The van der Waals surface area contributed by atoms with Crippen molar-refractivity contribution in [2.24, 2.45) is 0 Å². The van der Waals surface area contributed by atoms with E-state index in [0.717, 1.165) is 22.8 Å². The van der Waals surface area contributed by atoms with Crippen molar-refractivity contribution < 1.29 is 56.7 Å². The lowest BCUT2D eigenvalue weighted by atomic mass is 10.00. The summed E-state index contributed by atoms with van der Waals surface area (Å²) in [5, 5.41) is 4.55. The normalized spacial score (nSPS) is 17.8. The summed E-state index contributed by atoms with van der Waals surface area (Å²) in [6.07, 6.45) is 2.85. The van der Waals surface area contributed by atoms with E-state index in [2.05, 4.69) is 10.6 Å². The van der Waals surface area contributed by atoms with Crippen LogP contribution in [0.2, 0.25) is 0 Å². The number of hydrogen-bond acceptors (Lipinski definition) is 11. The summed E-state index contributed by atoms with van der Waals surface area (Å²) in [6.45, 7) is 10.7. The highest BCUT2D eigenvalue weighted by molar-refractivity contribution is 8.00. The quantitative estimate of drug-likeness (QED) is 0.0370. The van der Waals surface area contributed by atoms with Gasteiger partial charge in [0.15, 0.2) is 18.5 Å². The van der Waals surface area contributed by atoms with Crippen molar-refractivity contribution in [3.8, 4) is 5.75 Å². The highest BCUT2D eigenvalue weighted by atomic mass is 32.2. The molecular formula is C49H51FN5O10S+. The maximum atomic E-state index is 14.8. The summed E-state index contributed by atoms with van der Waals surface area (Å²) in [5.41, 5.74) is 1.45. The largest absolute Gasteiger partial charge is 0.514 e. The minimum absolute atomic E-state index is 0.00483. The Balaban J connectivity index is 1.04. The predicted molar refractivity (Wildman–Crippen MR) is 241 cm³/mol. The van der Waals surface area contributed by atoms with E-state index >= 15 is 0 Å². The molecule has 2 fully saturated rings. The third-order valence-corrected chi connectivity index (χ3v) is 11.6. The molecule has 7 rings (SSSR count). The smallest absolute Gasteiger partial charge is 0.448 e. The molecule has 1 aromatic heterocycles. The van der Waals surface area contributed by atoms with Gasteiger partial charge >= 0.3 is 18.2 Å². The predicted octanol–water partition coefficient (Wildman–Crippen LogP) is 7.12. The molecule has 0 unspecified atom stereocenters. The fraction of sp³-hybridized carbons (Fsp3) is 0.327. The Morgan fingerprint density at radius 2 is 1.52 bits per heavy atom. The number of rotatable bonds is 12. The number of thioether (sulfide) groups is 1. The molecule has 17 heteroatoms.